The highest BCUT2D eigenvalue weighted by atomic mass is 19.1. The second kappa shape index (κ2) is 10.3. The van der Waals surface area contributed by atoms with E-state index in [1.165, 1.54) is 4.90 Å². The summed E-state index contributed by atoms with van der Waals surface area (Å²) in [7, 11) is 0. The van der Waals surface area contributed by atoms with E-state index in [-0.39, 0.29) is 37.4 Å². The molecule has 2 fully saturated rings. The van der Waals surface area contributed by atoms with E-state index in [0.29, 0.717) is 23.3 Å². The number of amides is 2. The van der Waals surface area contributed by atoms with E-state index in [1.807, 2.05) is 59.5 Å². The molecule has 0 spiro atoms. The van der Waals surface area contributed by atoms with Gasteiger partial charge in [-0.3, -0.25) is 19.5 Å². The molecular formula is C27H27FN6O2. The molecule has 36 heavy (non-hydrogen) atoms. The summed E-state index contributed by atoms with van der Waals surface area (Å²) >= 11 is 0. The molecule has 2 aromatic carbocycles. The van der Waals surface area contributed by atoms with E-state index < -0.39 is 12.2 Å². The van der Waals surface area contributed by atoms with Crippen LogP contribution >= 0.6 is 0 Å². The predicted molar refractivity (Wildman–Crippen MR) is 135 cm³/mol. The summed E-state index contributed by atoms with van der Waals surface area (Å²) in [6.07, 6.45) is 1.46. The molecule has 3 heterocycles. The Bertz CT molecular complexity index is 1310. The third-order valence-electron chi connectivity index (χ3n) is 6.76. The van der Waals surface area contributed by atoms with Crippen molar-refractivity contribution in [3.05, 3.63) is 66.4 Å². The number of halogens is 1. The van der Waals surface area contributed by atoms with Crippen molar-refractivity contribution in [2.45, 2.75) is 31.1 Å². The van der Waals surface area contributed by atoms with Gasteiger partial charge < -0.3 is 15.5 Å². The molecule has 2 saturated heterocycles. The standard InChI is InChI=1S/C27H27FN6O2/c28-18-13-21(14-29)34(15-18)25(35)17-33-12-10-20(16-33)31-24-9-8-23(26-22(24)7-4-11-30-26)27(36)32-19-5-2-1-3-6-19/h1-9,11,18,20-21,31H,10,12-13,15-17H2,(H,32,36)/t18-,20-,21?/m0/s1. The number of nitrogens with zero attached hydrogens (tertiary/aromatic N) is 4. The average molecular weight is 487 g/mol. The van der Waals surface area contributed by atoms with Crippen molar-refractivity contribution in [3.63, 3.8) is 0 Å². The molecule has 8 nitrogen and oxygen atoms in total. The fourth-order valence-corrected chi connectivity index (χ4v) is 4.98. The quantitative estimate of drug-likeness (QED) is 0.554. The van der Waals surface area contributed by atoms with Gasteiger partial charge in [-0.1, -0.05) is 18.2 Å². The van der Waals surface area contributed by atoms with Crippen LogP contribution in [-0.4, -0.2) is 71.0 Å². The van der Waals surface area contributed by atoms with Crippen molar-refractivity contribution in [2.75, 3.05) is 36.8 Å². The normalized spacial score (nSPS) is 21.9. The Morgan fingerprint density at radius 3 is 2.75 bits per heavy atom. The van der Waals surface area contributed by atoms with E-state index in [2.05, 4.69) is 15.6 Å². The van der Waals surface area contributed by atoms with E-state index in [0.717, 1.165) is 24.0 Å². The van der Waals surface area contributed by atoms with Gasteiger partial charge in [-0.05, 0) is 42.8 Å². The molecule has 0 bridgehead atoms. The zero-order valence-electron chi connectivity index (χ0n) is 19.7. The molecule has 184 valence electrons. The Labute approximate surface area is 208 Å². The number of rotatable bonds is 6. The van der Waals surface area contributed by atoms with E-state index in [1.54, 1.807) is 12.3 Å². The van der Waals surface area contributed by atoms with Crippen LogP contribution in [0.15, 0.2) is 60.8 Å². The Balaban J connectivity index is 1.26. The second-order valence-electron chi connectivity index (χ2n) is 9.27. The van der Waals surface area contributed by atoms with Crippen molar-refractivity contribution in [2.24, 2.45) is 0 Å². The second-order valence-corrected chi connectivity index (χ2v) is 9.27. The number of carbonyl (C=O) groups excluding carboxylic acids is 2. The number of likely N-dealkylation sites (tertiary alicyclic amines) is 2. The van der Waals surface area contributed by atoms with Gasteiger partial charge in [0.25, 0.3) is 5.91 Å². The number of aromatic nitrogens is 1. The van der Waals surface area contributed by atoms with Gasteiger partial charge in [-0.25, -0.2) is 4.39 Å². The van der Waals surface area contributed by atoms with Crippen LogP contribution in [0.1, 0.15) is 23.2 Å². The van der Waals surface area contributed by atoms with Crippen molar-refractivity contribution in [3.8, 4) is 6.07 Å². The zero-order valence-corrected chi connectivity index (χ0v) is 19.7. The van der Waals surface area contributed by atoms with Crippen LogP contribution in [-0.2, 0) is 4.79 Å². The molecule has 5 rings (SSSR count). The number of carbonyl (C=O) groups is 2. The molecule has 2 aliphatic rings. The van der Waals surface area contributed by atoms with E-state index in [9.17, 15) is 19.2 Å². The van der Waals surface area contributed by atoms with Crippen LogP contribution in [0, 0.1) is 11.3 Å². The number of pyridine rings is 1. The first-order chi connectivity index (χ1) is 17.5. The van der Waals surface area contributed by atoms with Crippen molar-refractivity contribution in [1.82, 2.24) is 14.8 Å². The molecule has 3 atom stereocenters. The largest absolute Gasteiger partial charge is 0.380 e. The summed E-state index contributed by atoms with van der Waals surface area (Å²) < 4.78 is 13.7. The van der Waals surface area contributed by atoms with Crippen LogP contribution in [0.2, 0.25) is 0 Å². The monoisotopic (exact) mass is 486 g/mol. The first kappa shape index (κ1) is 23.7. The fraction of sp³-hybridized carbons (Fsp3) is 0.333. The summed E-state index contributed by atoms with van der Waals surface area (Å²) in [6, 6.07) is 18.2. The highest BCUT2D eigenvalue weighted by Gasteiger charge is 2.36. The van der Waals surface area contributed by atoms with Gasteiger partial charge in [-0.15, -0.1) is 0 Å². The number of hydrogen-bond donors (Lipinski definition) is 2. The Kier molecular flexibility index (Phi) is 6.78. The highest BCUT2D eigenvalue weighted by Crippen LogP contribution is 2.28. The molecule has 2 aliphatic heterocycles. The molecule has 1 unspecified atom stereocenters. The maximum atomic E-state index is 13.7. The Morgan fingerprint density at radius 2 is 1.94 bits per heavy atom. The number of benzene rings is 2. The number of alkyl halides is 1. The van der Waals surface area contributed by atoms with Crippen LogP contribution in [0.4, 0.5) is 15.8 Å². The summed E-state index contributed by atoms with van der Waals surface area (Å²) in [5, 5.41) is 16.5. The molecule has 2 N–H and O–H groups in total. The third-order valence-corrected chi connectivity index (χ3v) is 6.76. The third kappa shape index (κ3) is 4.99. The van der Waals surface area contributed by atoms with Crippen LogP contribution in [0.5, 0.6) is 0 Å². The van der Waals surface area contributed by atoms with Gasteiger partial charge >= 0.3 is 0 Å². The average Bonchev–Trinajstić information content (AvgIpc) is 3.50. The van der Waals surface area contributed by atoms with Gasteiger partial charge in [0.15, 0.2) is 0 Å². The first-order valence-corrected chi connectivity index (χ1v) is 12.1. The number of nitriles is 1. The van der Waals surface area contributed by atoms with Gasteiger partial charge in [0.05, 0.1) is 30.2 Å². The maximum absolute atomic E-state index is 13.7. The molecule has 1 aromatic heterocycles. The molecular weight excluding hydrogens is 459 g/mol. The zero-order chi connectivity index (χ0) is 25.1. The summed E-state index contributed by atoms with van der Waals surface area (Å²) in [5.41, 5.74) is 2.68. The fourth-order valence-electron chi connectivity index (χ4n) is 4.98. The Morgan fingerprint density at radius 1 is 1.11 bits per heavy atom. The van der Waals surface area contributed by atoms with E-state index in [4.69, 9.17) is 0 Å². The number of hydrogen-bond acceptors (Lipinski definition) is 6. The number of para-hydroxylation sites is 1. The number of fused-ring (bicyclic) bond motifs is 1. The lowest BCUT2D eigenvalue weighted by molar-refractivity contribution is -0.132. The lowest BCUT2D eigenvalue weighted by atomic mass is 10.1. The summed E-state index contributed by atoms with van der Waals surface area (Å²) in [4.78, 5) is 33.5. The van der Waals surface area contributed by atoms with Crippen LogP contribution in [0.3, 0.4) is 0 Å². The van der Waals surface area contributed by atoms with Crippen molar-refractivity contribution >= 4 is 34.1 Å². The minimum atomic E-state index is -1.13. The number of nitrogens with one attached hydrogen (secondary N) is 2. The van der Waals surface area contributed by atoms with Crippen LogP contribution in [0.25, 0.3) is 10.9 Å². The number of anilines is 2. The maximum Gasteiger partial charge on any atom is 0.257 e. The molecule has 9 heteroatoms. The minimum absolute atomic E-state index is 0.00420. The lowest BCUT2D eigenvalue weighted by Crippen LogP contribution is -2.42. The highest BCUT2D eigenvalue weighted by molar-refractivity contribution is 6.13. The first-order valence-electron chi connectivity index (χ1n) is 12.1. The minimum Gasteiger partial charge on any atom is -0.380 e. The van der Waals surface area contributed by atoms with Gasteiger partial charge in [0.1, 0.15) is 12.2 Å². The molecule has 3 aromatic rings. The van der Waals surface area contributed by atoms with Crippen molar-refractivity contribution in [1.29, 1.82) is 5.26 Å². The van der Waals surface area contributed by atoms with Crippen molar-refractivity contribution < 1.29 is 14.0 Å². The van der Waals surface area contributed by atoms with Gasteiger partial charge in [0, 0.05) is 48.5 Å². The molecule has 0 radical (unpaired) electrons. The molecule has 0 saturated carbocycles. The van der Waals surface area contributed by atoms with Crippen LogP contribution < -0.4 is 10.6 Å². The van der Waals surface area contributed by atoms with E-state index >= 15 is 0 Å². The molecule has 0 aliphatic carbocycles. The van der Waals surface area contributed by atoms with Gasteiger partial charge in [-0.2, -0.15) is 5.26 Å². The summed E-state index contributed by atoms with van der Waals surface area (Å²) in [5.74, 6) is -0.430. The summed E-state index contributed by atoms with van der Waals surface area (Å²) in [6.45, 7) is 1.54. The smallest absolute Gasteiger partial charge is 0.257 e. The SMILES string of the molecule is N#CC1C[C@H](F)CN1C(=O)CN1CC[C@H](Nc2ccc(C(=O)Nc3ccccc3)c3ncccc23)C1. The Hall–Kier alpha value is -4.03. The lowest BCUT2D eigenvalue weighted by Gasteiger charge is -2.23. The van der Waals surface area contributed by atoms with Gasteiger partial charge in [0.2, 0.25) is 5.91 Å². The predicted octanol–water partition coefficient (Wildman–Crippen LogP) is 3.44. The molecule has 2 amide bonds. The topological polar surface area (TPSA) is 101 Å².